The molecule has 78 valence electrons. The highest BCUT2D eigenvalue weighted by atomic mass is 32.1. The molecule has 0 saturated heterocycles. The Hall–Kier alpha value is -0.570. The molecule has 1 unspecified atom stereocenters. The van der Waals surface area contributed by atoms with Crippen LogP contribution in [0.15, 0.2) is 6.20 Å². The zero-order valence-corrected chi connectivity index (χ0v) is 9.90. The average Bonchev–Trinajstić information content (AvgIpc) is 2.88. The van der Waals surface area contributed by atoms with E-state index < -0.39 is 0 Å². The van der Waals surface area contributed by atoms with Crippen LogP contribution in [0.1, 0.15) is 51.3 Å². The lowest BCUT2D eigenvalue weighted by Gasteiger charge is -2.17. The lowest BCUT2D eigenvalue weighted by Crippen LogP contribution is -2.11. The largest absolute Gasteiger partial charge is 0.337 e. The molecule has 0 aromatic carbocycles. The zero-order chi connectivity index (χ0) is 10.3. The van der Waals surface area contributed by atoms with Crippen LogP contribution in [0, 0.1) is 10.7 Å². The summed E-state index contributed by atoms with van der Waals surface area (Å²) >= 11 is 5.32. The van der Waals surface area contributed by atoms with Crippen LogP contribution in [-0.4, -0.2) is 9.55 Å². The summed E-state index contributed by atoms with van der Waals surface area (Å²) < 4.78 is 3.19. The molecule has 0 spiro atoms. The third-order valence-electron chi connectivity index (χ3n) is 3.14. The van der Waals surface area contributed by atoms with E-state index in [0.29, 0.717) is 12.0 Å². The van der Waals surface area contributed by atoms with Crippen molar-refractivity contribution in [3.63, 3.8) is 0 Å². The molecule has 1 aromatic heterocycles. The van der Waals surface area contributed by atoms with Gasteiger partial charge in [-0.25, -0.2) is 0 Å². The summed E-state index contributed by atoms with van der Waals surface area (Å²) in [7, 11) is 0. The van der Waals surface area contributed by atoms with E-state index in [1.807, 2.05) is 0 Å². The number of imidazole rings is 1. The molecule has 14 heavy (non-hydrogen) atoms. The number of nitrogens with zero attached hydrogens (tertiary/aromatic N) is 1. The van der Waals surface area contributed by atoms with E-state index in [9.17, 15) is 0 Å². The van der Waals surface area contributed by atoms with Crippen LogP contribution in [-0.2, 0) is 0 Å². The molecule has 1 atom stereocenters. The van der Waals surface area contributed by atoms with Crippen LogP contribution in [0.25, 0.3) is 0 Å². The summed E-state index contributed by atoms with van der Waals surface area (Å²) in [5, 5.41) is 0. The first-order chi connectivity index (χ1) is 6.61. The molecule has 1 saturated carbocycles. The van der Waals surface area contributed by atoms with Crippen molar-refractivity contribution in [1.82, 2.24) is 9.55 Å². The number of hydrogen-bond acceptors (Lipinski definition) is 1. The van der Waals surface area contributed by atoms with Gasteiger partial charge in [-0.1, -0.05) is 13.8 Å². The Morgan fingerprint density at radius 1 is 1.43 bits per heavy atom. The molecule has 1 aromatic rings. The minimum Gasteiger partial charge on any atom is -0.337 e. The van der Waals surface area contributed by atoms with Crippen molar-refractivity contribution in [3.8, 4) is 0 Å². The third kappa shape index (κ3) is 1.65. The summed E-state index contributed by atoms with van der Waals surface area (Å²) in [6.45, 7) is 6.72. The first kappa shape index (κ1) is 9.97. The molecule has 0 bridgehead atoms. The van der Waals surface area contributed by atoms with E-state index in [0.717, 1.165) is 10.7 Å². The maximum atomic E-state index is 5.32. The second kappa shape index (κ2) is 3.54. The van der Waals surface area contributed by atoms with Crippen molar-refractivity contribution in [2.45, 2.75) is 45.6 Å². The molecule has 2 rings (SSSR count). The van der Waals surface area contributed by atoms with E-state index >= 15 is 0 Å². The normalized spacial score (nSPS) is 18.9. The molecule has 0 radical (unpaired) electrons. The highest BCUT2D eigenvalue weighted by Crippen LogP contribution is 2.40. The van der Waals surface area contributed by atoms with Crippen molar-refractivity contribution in [3.05, 3.63) is 16.7 Å². The van der Waals surface area contributed by atoms with Crippen LogP contribution in [0.5, 0.6) is 0 Å². The van der Waals surface area contributed by atoms with E-state index in [1.54, 1.807) is 0 Å². The van der Waals surface area contributed by atoms with Crippen molar-refractivity contribution in [1.29, 1.82) is 0 Å². The summed E-state index contributed by atoms with van der Waals surface area (Å²) in [4.78, 5) is 3.16. The van der Waals surface area contributed by atoms with E-state index in [4.69, 9.17) is 12.2 Å². The van der Waals surface area contributed by atoms with Gasteiger partial charge < -0.3 is 9.55 Å². The van der Waals surface area contributed by atoms with Gasteiger partial charge in [-0.3, -0.25) is 0 Å². The van der Waals surface area contributed by atoms with Crippen LogP contribution in [0.3, 0.4) is 0 Å². The molecule has 3 heteroatoms. The molecule has 0 amide bonds. The topological polar surface area (TPSA) is 20.7 Å². The fraction of sp³-hybridized carbons (Fsp3) is 0.727. The first-order valence-electron chi connectivity index (χ1n) is 5.41. The van der Waals surface area contributed by atoms with Crippen molar-refractivity contribution < 1.29 is 0 Å². The van der Waals surface area contributed by atoms with Gasteiger partial charge in [0, 0.05) is 17.9 Å². The molecule has 1 aliphatic rings. The van der Waals surface area contributed by atoms with Crippen LogP contribution in [0.4, 0.5) is 0 Å². The number of nitrogens with one attached hydrogen (secondary N) is 1. The van der Waals surface area contributed by atoms with Gasteiger partial charge in [0.05, 0.1) is 0 Å². The Balaban J connectivity index is 2.38. The monoisotopic (exact) mass is 210 g/mol. The van der Waals surface area contributed by atoms with E-state index in [-0.39, 0.29) is 0 Å². The molecule has 1 N–H and O–H groups in total. The molecular formula is C11H18N2S. The van der Waals surface area contributed by atoms with Gasteiger partial charge in [0.25, 0.3) is 0 Å². The predicted octanol–water partition coefficient (Wildman–Crippen LogP) is 3.64. The Morgan fingerprint density at radius 2 is 2.07 bits per heavy atom. The Bertz CT molecular complexity index is 371. The fourth-order valence-electron chi connectivity index (χ4n) is 2.05. The quantitative estimate of drug-likeness (QED) is 0.755. The number of aromatic nitrogens is 2. The van der Waals surface area contributed by atoms with Crippen molar-refractivity contribution in [2.24, 2.45) is 5.92 Å². The molecule has 1 aliphatic carbocycles. The van der Waals surface area contributed by atoms with Crippen molar-refractivity contribution in [2.75, 3.05) is 0 Å². The SMILES string of the molecule is CC(C)c1c[nH]c(=S)n1C(C)C1CC1. The minimum absolute atomic E-state index is 0.546. The lowest BCUT2D eigenvalue weighted by atomic mass is 10.1. The molecular weight excluding hydrogens is 192 g/mol. The molecule has 2 nitrogen and oxygen atoms in total. The second-order valence-electron chi connectivity index (χ2n) is 4.62. The maximum Gasteiger partial charge on any atom is 0.177 e. The summed E-state index contributed by atoms with van der Waals surface area (Å²) in [6, 6.07) is 0.575. The van der Waals surface area contributed by atoms with Crippen LogP contribution in [0.2, 0.25) is 0 Å². The third-order valence-corrected chi connectivity index (χ3v) is 3.46. The summed E-state index contributed by atoms with van der Waals surface area (Å²) in [5.74, 6) is 1.40. The highest BCUT2D eigenvalue weighted by molar-refractivity contribution is 7.71. The van der Waals surface area contributed by atoms with Crippen LogP contribution >= 0.6 is 12.2 Å². The number of aromatic amines is 1. The molecule has 0 aliphatic heterocycles. The Kier molecular flexibility index (Phi) is 2.52. The van der Waals surface area contributed by atoms with E-state index in [2.05, 4.69) is 36.5 Å². The zero-order valence-electron chi connectivity index (χ0n) is 9.08. The summed E-state index contributed by atoms with van der Waals surface area (Å²) in [6.07, 6.45) is 4.79. The highest BCUT2D eigenvalue weighted by Gasteiger charge is 2.30. The molecule has 1 heterocycles. The van der Waals surface area contributed by atoms with Gasteiger partial charge in [-0.2, -0.15) is 0 Å². The molecule has 1 fully saturated rings. The minimum atomic E-state index is 0.546. The summed E-state index contributed by atoms with van der Waals surface area (Å²) in [5.41, 5.74) is 1.34. The van der Waals surface area contributed by atoms with Gasteiger partial charge in [0.2, 0.25) is 0 Å². The number of rotatable bonds is 3. The fourth-order valence-corrected chi connectivity index (χ4v) is 2.38. The Morgan fingerprint density at radius 3 is 2.57 bits per heavy atom. The Labute approximate surface area is 90.3 Å². The van der Waals surface area contributed by atoms with E-state index in [1.165, 1.54) is 18.5 Å². The maximum absolute atomic E-state index is 5.32. The van der Waals surface area contributed by atoms with Gasteiger partial charge in [-0.05, 0) is 43.8 Å². The predicted molar refractivity (Wildman–Crippen MR) is 61.1 cm³/mol. The van der Waals surface area contributed by atoms with Gasteiger partial charge in [0.15, 0.2) is 4.77 Å². The average molecular weight is 210 g/mol. The van der Waals surface area contributed by atoms with Crippen molar-refractivity contribution >= 4 is 12.2 Å². The number of hydrogen-bond donors (Lipinski definition) is 1. The van der Waals surface area contributed by atoms with Gasteiger partial charge in [0.1, 0.15) is 0 Å². The number of H-pyrrole nitrogens is 1. The lowest BCUT2D eigenvalue weighted by molar-refractivity contribution is 0.458. The second-order valence-corrected chi connectivity index (χ2v) is 5.01. The smallest absolute Gasteiger partial charge is 0.177 e. The van der Waals surface area contributed by atoms with Gasteiger partial charge in [-0.15, -0.1) is 0 Å². The standard InChI is InChI=1S/C11H18N2S/c1-7(2)10-6-12-11(14)13(10)8(3)9-4-5-9/h6-9H,4-5H2,1-3H3,(H,12,14). The first-order valence-corrected chi connectivity index (χ1v) is 5.82. The van der Waals surface area contributed by atoms with Crippen LogP contribution < -0.4 is 0 Å². The van der Waals surface area contributed by atoms with Gasteiger partial charge >= 0.3 is 0 Å².